The molecule has 0 aliphatic heterocycles. The van der Waals surface area contributed by atoms with Crippen molar-refractivity contribution in [3.8, 4) is 11.5 Å². The van der Waals surface area contributed by atoms with Gasteiger partial charge in [-0.25, -0.2) is 0 Å². The van der Waals surface area contributed by atoms with Gasteiger partial charge in [0.25, 0.3) is 0 Å². The number of benzene rings is 2. The number of nitrogens with zero attached hydrogens (tertiary/aromatic N) is 1. The minimum Gasteiger partial charge on any atom is -0.493 e. The Morgan fingerprint density at radius 1 is 0.964 bits per heavy atom. The normalized spacial score (nSPS) is 13.4. The van der Waals surface area contributed by atoms with Crippen LogP contribution in [0.1, 0.15) is 31.4 Å². The maximum Gasteiger partial charge on any atom is 0.161 e. The van der Waals surface area contributed by atoms with E-state index >= 15 is 0 Å². The van der Waals surface area contributed by atoms with Gasteiger partial charge in [0, 0.05) is 19.1 Å². The van der Waals surface area contributed by atoms with E-state index in [9.17, 15) is 5.11 Å². The zero-order valence-electron chi connectivity index (χ0n) is 17.4. The molecule has 2 rings (SSSR count). The first-order chi connectivity index (χ1) is 13.6. The van der Waals surface area contributed by atoms with E-state index in [-0.39, 0.29) is 0 Å². The molecule has 5 heteroatoms. The van der Waals surface area contributed by atoms with Gasteiger partial charge in [-0.3, -0.25) is 4.90 Å². The van der Waals surface area contributed by atoms with Gasteiger partial charge < -0.3 is 19.3 Å². The van der Waals surface area contributed by atoms with Crippen LogP contribution >= 0.6 is 0 Å². The third-order valence-electron chi connectivity index (χ3n) is 4.91. The summed E-state index contributed by atoms with van der Waals surface area (Å²) in [7, 11) is 3.27. The van der Waals surface area contributed by atoms with Crippen LogP contribution in [0.25, 0.3) is 0 Å². The van der Waals surface area contributed by atoms with Crippen molar-refractivity contribution in [2.45, 2.75) is 45.6 Å². The second-order valence-corrected chi connectivity index (χ2v) is 7.03. The zero-order chi connectivity index (χ0) is 20.4. The Morgan fingerprint density at radius 2 is 1.68 bits per heavy atom. The van der Waals surface area contributed by atoms with E-state index in [0.29, 0.717) is 25.8 Å². The van der Waals surface area contributed by atoms with E-state index in [1.54, 1.807) is 14.2 Å². The molecule has 28 heavy (non-hydrogen) atoms. The fourth-order valence-electron chi connectivity index (χ4n) is 3.08. The van der Waals surface area contributed by atoms with E-state index in [4.69, 9.17) is 14.2 Å². The molecule has 0 aromatic heterocycles. The highest BCUT2D eigenvalue weighted by Gasteiger charge is 2.18. The molecular formula is C23H33NO4. The largest absolute Gasteiger partial charge is 0.493 e. The zero-order valence-corrected chi connectivity index (χ0v) is 17.4. The summed E-state index contributed by atoms with van der Waals surface area (Å²) in [6, 6.07) is 16.3. The highest BCUT2D eigenvalue weighted by Crippen LogP contribution is 2.28. The molecule has 1 N–H and O–H groups in total. The van der Waals surface area contributed by atoms with Crippen molar-refractivity contribution >= 4 is 0 Å². The predicted molar refractivity (Wildman–Crippen MR) is 112 cm³/mol. The molecule has 5 nitrogen and oxygen atoms in total. The van der Waals surface area contributed by atoms with Crippen LogP contribution < -0.4 is 9.47 Å². The lowest BCUT2D eigenvalue weighted by atomic mass is 10.1. The van der Waals surface area contributed by atoms with E-state index in [2.05, 4.69) is 18.7 Å². The molecule has 0 fully saturated rings. The third kappa shape index (κ3) is 6.82. The molecule has 0 aliphatic rings. The molecule has 2 atom stereocenters. The smallest absolute Gasteiger partial charge is 0.161 e. The van der Waals surface area contributed by atoms with Crippen molar-refractivity contribution in [2.24, 2.45) is 0 Å². The van der Waals surface area contributed by atoms with Crippen LogP contribution in [0.2, 0.25) is 0 Å². The van der Waals surface area contributed by atoms with Gasteiger partial charge in [-0.2, -0.15) is 0 Å². The molecule has 0 aliphatic carbocycles. The molecule has 2 aromatic carbocycles. The first-order valence-electron chi connectivity index (χ1n) is 9.82. The quantitative estimate of drug-likeness (QED) is 0.599. The predicted octanol–water partition coefficient (Wildman–Crippen LogP) is 3.88. The fraction of sp³-hybridized carbons (Fsp3) is 0.478. The van der Waals surface area contributed by atoms with E-state index in [1.807, 2.05) is 48.5 Å². The Bertz CT molecular complexity index is 692. The molecule has 0 unspecified atom stereocenters. The maximum absolute atomic E-state index is 10.5. The van der Waals surface area contributed by atoms with Crippen LogP contribution in [0, 0.1) is 0 Å². The highest BCUT2D eigenvalue weighted by molar-refractivity contribution is 5.42. The van der Waals surface area contributed by atoms with Crippen LogP contribution in [0.5, 0.6) is 11.5 Å². The van der Waals surface area contributed by atoms with Gasteiger partial charge in [0.2, 0.25) is 0 Å². The number of rotatable bonds is 12. The van der Waals surface area contributed by atoms with Crippen molar-refractivity contribution in [2.75, 3.05) is 27.4 Å². The summed E-state index contributed by atoms with van der Waals surface area (Å²) in [5.74, 6) is 1.44. The molecule has 0 saturated carbocycles. The van der Waals surface area contributed by atoms with Crippen LogP contribution in [-0.4, -0.2) is 49.5 Å². The van der Waals surface area contributed by atoms with Gasteiger partial charge in [-0.15, -0.1) is 0 Å². The van der Waals surface area contributed by atoms with E-state index in [1.165, 1.54) is 0 Å². The molecule has 0 radical (unpaired) electrons. The van der Waals surface area contributed by atoms with Crippen LogP contribution in [0.4, 0.5) is 0 Å². The molecule has 0 bridgehead atoms. The number of aliphatic hydroxyl groups excluding tert-OH is 1. The number of ether oxygens (including phenoxy) is 3. The van der Waals surface area contributed by atoms with E-state index < -0.39 is 6.10 Å². The average Bonchev–Trinajstić information content (AvgIpc) is 2.73. The van der Waals surface area contributed by atoms with Gasteiger partial charge in [0.05, 0.1) is 33.5 Å². The van der Waals surface area contributed by atoms with Crippen LogP contribution in [-0.2, 0) is 17.9 Å². The highest BCUT2D eigenvalue weighted by atomic mass is 16.5. The van der Waals surface area contributed by atoms with Crippen LogP contribution in [0.3, 0.4) is 0 Å². The minimum absolute atomic E-state index is 0.313. The molecular weight excluding hydrogens is 354 g/mol. The molecule has 0 saturated heterocycles. The number of aliphatic hydroxyl groups is 1. The van der Waals surface area contributed by atoms with Crippen molar-refractivity contribution in [1.82, 2.24) is 4.90 Å². The van der Waals surface area contributed by atoms with Crippen molar-refractivity contribution in [1.29, 1.82) is 0 Å². The molecule has 0 spiro atoms. The Morgan fingerprint density at radius 3 is 2.32 bits per heavy atom. The Labute approximate surface area is 168 Å². The van der Waals surface area contributed by atoms with Gasteiger partial charge in [-0.05, 0) is 36.6 Å². The minimum atomic E-state index is -0.544. The fourth-order valence-corrected chi connectivity index (χ4v) is 3.08. The summed E-state index contributed by atoms with van der Waals surface area (Å²) in [6.45, 7) is 6.44. The summed E-state index contributed by atoms with van der Waals surface area (Å²) in [5.41, 5.74) is 2.23. The van der Waals surface area contributed by atoms with Gasteiger partial charge in [0.1, 0.15) is 0 Å². The Kier molecular flexibility index (Phi) is 9.28. The van der Waals surface area contributed by atoms with Crippen molar-refractivity contribution in [3.05, 3.63) is 59.7 Å². The lowest BCUT2D eigenvalue weighted by Crippen LogP contribution is -2.39. The second kappa shape index (κ2) is 11.7. The summed E-state index contributed by atoms with van der Waals surface area (Å²) >= 11 is 0. The van der Waals surface area contributed by atoms with Gasteiger partial charge >= 0.3 is 0 Å². The number of hydrogen-bond donors (Lipinski definition) is 1. The number of methoxy groups -OCH3 is 2. The molecule has 0 heterocycles. The molecule has 154 valence electrons. The monoisotopic (exact) mass is 387 g/mol. The first kappa shape index (κ1) is 22.2. The maximum atomic E-state index is 10.5. The topological polar surface area (TPSA) is 51.2 Å². The summed E-state index contributed by atoms with van der Waals surface area (Å²) in [5, 5.41) is 10.5. The standard InChI is InChI=1S/C23H33NO4/c1-5-18(2)24(14-20-11-12-22(26-3)23(13-20)27-4)15-21(25)17-28-16-19-9-7-6-8-10-19/h6-13,18,21,25H,5,14-17H2,1-4H3/t18-,21-/m1/s1. The number of hydrogen-bond acceptors (Lipinski definition) is 5. The third-order valence-corrected chi connectivity index (χ3v) is 4.91. The first-order valence-corrected chi connectivity index (χ1v) is 9.82. The molecule has 2 aromatic rings. The average molecular weight is 388 g/mol. The van der Waals surface area contributed by atoms with Crippen LogP contribution in [0.15, 0.2) is 48.5 Å². The summed E-state index contributed by atoms with van der Waals surface area (Å²) < 4.78 is 16.4. The SMILES string of the molecule is CC[C@@H](C)N(Cc1ccc(OC)c(OC)c1)C[C@@H](O)COCc1ccccc1. The lowest BCUT2D eigenvalue weighted by molar-refractivity contribution is 0.00144. The van der Waals surface area contributed by atoms with Crippen molar-refractivity contribution in [3.63, 3.8) is 0 Å². The Hall–Kier alpha value is -2.08. The lowest BCUT2D eigenvalue weighted by Gasteiger charge is -2.30. The summed E-state index contributed by atoms with van der Waals surface area (Å²) in [6.07, 6.45) is 0.461. The van der Waals surface area contributed by atoms with Crippen molar-refractivity contribution < 1.29 is 19.3 Å². The van der Waals surface area contributed by atoms with E-state index in [0.717, 1.165) is 35.6 Å². The molecule has 0 amide bonds. The van der Waals surface area contributed by atoms with Gasteiger partial charge in [0.15, 0.2) is 11.5 Å². The second-order valence-electron chi connectivity index (χ2n) is 7.03. The summed E-state index contributed by atoms with van der Waals surface area (Å²) in [4.78, 5) is 2.28. The Balaban J connectivity index is 1.93. The van der Waals surface area contributed by atoms with Gasteiger partial charge in [-0.1, -0.05) is 43.3 Å².